The summed E-state index contributed by atoms with van der Waals surface area (Å²) in [5, 5.41) is 7.95. The van der Waals surface area contributed by atoms with Gasteiger partial charge in [0.25, 0.3) is 0 Å². The first-order chi connectivity index (χ1) is 9.54. The molecular formula is C17H25N3. The molecule has 0 aliphatic heterocycles. The first kappa shape index (κ1) is 14.8. The second-order valence-corrected chi connectivity index (χ2v) is 5.56. The highest BCUT2D eigenvalue weighted by Crippen LogP contribution is 2.22. The van der Waals surface area contributed by atoms with Gasteiger partial charge in [0, 0.05) is 5.69 Å². The highest BCUT2D eigenvalue weighted by atomic mass is 15.3. The predicted octanol–water partition coefficient (Wildman–Crippen LogP) is 3.26. The van der Waals surface area contributed by atoms with E-state index >= 15 is 0 Å². The minimum atomic E-state index is 1.05. The van der Waals surface area contributed by atoms with Crippen molar-refractivity contribution in [2.45, 2.75) is 40.5 Å². The molecule has 2 aromatic rings. The Morgan fingerprint density at radius 1 is 1.15 bits per heavy atom. The van der Waals surface area contributed by atoms with Gasteiger partial charge >= 0.3 is 0 Å². The maximum absolute atomic E-state index is 4.75. The predicted molar refractivity (Wildman–Crippen MR) is 84.8 cm³/mol. The molecule has 0 fully saturated rings. The summed E-state index contributed by atoms with van der Waals surface area (Å²) in [6, 6.07) is 6.54. The second kappa shape index (κ2) is 6.23. The lowest BCUT2D eigenvalue weighted by atomic mass is 10.1. The third-order valence-corrected chi connectivity index (χ3v) is 3.88. The van der Waals surface area contributed by atoms with Gasteiger partial charge in [-0.3, -0.25) is 0 Å². The second-order valence-electron chi connectivity index (χ2n) is 5.56. The molecule has 0 unspecified atom stereocenters. The molecule has 0 radical (unpaired) electrons. The Morgan fingerprint density at radius 2 is 1.90 bits per heavy atom. The Kier molecular flexibility index (Phi) is 4.61. The van der Waals surface area contributed by atoms with Crippen LogP contribution in [0, 0.1) is 27.7 Å². The van der Waals surface area contributed by atoms with Crippen molar-refractivity contribution in [2.24, 2.45) is 0 Å². The van der Waals surface area contributed by atoms with Gasteiger partial charge in [-0.25, -0.2) is 4.68 Å². The topological polar surface area (TPSA) is 29.9 Å². The molecule has 0 saturated carbocycles. The molecule has 0 aliphatic rings. The van der Waals surface area contributed by atoms with E-state index in [0.29, 0.717) is 0 Å². The number of rotatable bonds is 5. The smallest absolute Gasteiger partial charge is 0.0678 e. The van der Waals surface area contributed by atoms with Gasteiger partial charge in [-0.15, -0.1) is 0 Å². The molecule has 1 aromatic carbocycles. The summed E-state index contributed by atoms with van der Waals surface area (Å²) in [7, 11) is 2.00. The van der Waals surface area contributed by atoms with E-state index < -0.39 is 0 Å². The van der Waals surface area contributed by atoms with Crippen LogP contribution in [0.25, 0.3) is 5.69 Å². The van der Waals surface area contributed by atoms with Crippen molar-refractivity contribution >= 4 is 0 Å². The van der Waals surface area contributed by atoms with Crippen molar-refractivity contribution in [1.29, 1.82) is 0 Å². The van der Waals surface area contributed by atoms with Crippen molar-refractivity contribution in [1.82, 2.24) is 15.1 Å². The Balaban J connectivity index is 2.35. The molecule has 1 N–H and O–H groups in total. The largest absolute Gasteiger partial charge is 0.320 e. The summed E-state index contributed by atoms with van der Waals surface area (Å²) in [5.41, 5.74) is 7.57. The van der Waals surface area contributed by atoms with Crippen molar-refractivity contribution in [3.05, 3.63) is 46.3 Å². The molecule has 1 heterocycles. The number of benzene rings is 1. The van der Waals surface area contributed by atoms with Gasteiger partial charge in [-0.2, -0.15) is 5.10 Å². The summed E-state index contributed by atoms with van der Waals surface area (Å²) in [6.45, 7) is 9.62. The van der Waals surface area contributed by atoms with Crippen LogP contribution in [0.15, 0.2) is 18.2 Å². The molecule has 3 nitrogen and oxygen atoms in total. The summed E-state index contributed by atoms with van der Waals surface area (Å²) in [5.74, 6) is 0. The fourth-order valence-corrected chi connectivity index (χ4v) is 2.76. The average Bonchev–Trinajstić information content (AvgIpc) is 2.67. The third kappa shape index (κ3) is 2.93. The van der Waals surface area contributed by atoms with E-state index in [1.807, 2.05) is 7.05 Å². The van der Waals surface area contributed by atoms with Crippen LogP contribution < -0.4 is 5.32 Å². The van der Waals surface area contributed by atoms with Gasteiger partial charge in [-0.05, 0) is 71.3 Å². The van der Waals surface area contributed by atoms with E-state index in [0.717, 1.165) is 25.1 Å². The van der Waals surface area contributed by atoms with Crippen molar-refractivity contribution in [3.8, 4) is 5.69 Å². The normalized spacial score (nSPS) is 11.1. The zero-order valence-electron chi connectivity index (χ0n) is 13.2. The summed E-state index contributed by atoms with van der Waals surface area (Å²) < 4.78 is 2.10. The van der Waals surface area contributed by atoms with Crippen LogP contribution in [0.2, 0.25) is 0 Å². The molecule has 0 bridgehead atoms. The Labute approximate surface area is 122 Å². The zero-order valence-corrected chi connectivity index (χ0v) is 13.2. The number of aromatic nitrogens is 2. The maximum atomic E-state index is 4.75. The SMILES string of the molecule is CNCCCc1c(C)nn(-c2ccc(C)cc2C)c1C. The third-order valence-electron chi connectivity index (χ3n) is 3.88. The lowest BCUT2D eigenvalue weighted by Gasteiger charge is -2.09. The van der Waals surface area contributed by atoms with Crippen LogP contribution in [0.4, 0.5) is 0 Å². The summed E-state index contributed by atoms with van der Waals surface area (Å²) in [6.07, 6.45) is 2.24. The van der Waals surface area contributed by atoms with Gasteiger partial charge < -0.3 is 5.32 Å². The van der Waals surface area contributed by atoms with Crippen LogP contribution in [-0.4, -0.2) is 23.4 Å². The van der Waals surface area contributed by atoms with Gasteiger partial charge in [0.05, 0.1) is 11.4 Å². The number of aryl methyl sites for hydroxylation is 3. The Morgan fingerprint density at radius 3 is 2.55 bits per heavy atom. The number of nitrogens with one attached hydrogen (secondary N) is 1. The zero-order chi connectivity index (χ0) is 14.7. The van der Waals surface area contributed by atoms with Gasteiger partial charge in [0.15, 0.2) is 0 Å². The maximum Gasteiger partial charge on any atom is 0.0678 e. The molecule has 20 heavy (non-hydrogen) atoms. The van der Waals surface area contributed by atoms with Gasteiger partial charge in [-0.1, -0.05) is 17.7 Å². The number of hydrogen-bond donors (Lipinski definition) is 1. The number of nitrogens with zero attached hydrogens (tertiary/aromatic N) is 2. The van der Waals surface area contributed by atoms with Crippen molar-refractivity contribution in [2.75, 3.05) is 13.6 Å². The van der Waals surface area contributed by atoms with Crippen LogP contribution in [0.3, 0.4) is 0 Å². The molecule has 108 valence electrons. The monoisotopic (exact) mass is 271 g/mol. The van der Waals surface area contributed by atoms with Gasteiger partial charge in [0.2, 0.25) is 0 Å². The molecule has 1 aromatic heterocycles. The quantitative estimate of drug-likeness (QED) is 0.846. The van der Waals surface area contributed by atoms with Crippen LogP contribution in [0.1, 0.15) is 34.5 Å². The van der Waals surface area contributed by atoms with E-state index in [2.05, 4.69) is 55.9 Å². The van der Waals surface area contributed by atoms with E-state index in [1.165, 1.54) is 28.1 Å². The molecule has 2 rings (SSSR count). The van der Waals surface area contributed by atoms with E-state index in [-0.39, 0.29) is 0 Å². The van der Waals surface area contributed by atoms with Crippen LogP contribution >= 0.6 is 0 Å². The fraction of sp³-hybridized carbons (Fsp3) is 0.471. The van der Waals surface area contributed by atoms with Gasteiger partial charge in [0.1, 0.15) is 0 Å². The minimum Gasteiger partial charge on any atom is -0.320 e. The molecule has 0 atom stereocenters. The average molecular weight is 271 g/mol. The van der Waals surface area contributed by atoms with E-state index in [1.54, 1.807) is 0 Å². The first-order valence-electron chi connectivity index (χ1n) is 7.32. The van der Waals surface area contributed by atoms with Crippen molar-refractivity contribution in [3.63, 3.8) is 0 Å². The van der Waals surface area contributed by atoms with Crippen molar-refractivity contribution < 1.29 is 0 Å². The standard InChI is InChI=1S/C17H25N3/c1-12-8-9-17(13(2)11-12)20-15(4)16(14(3)19-20)7-6-10-18-5/h8-9,11,18H,6-7,10H2,1-5H3. The van der Waals surface area contributed by atoms with Crippen LogP contribution in [-0.2, 0) is 6.42 Å². The molecule has 0 amide bonds. The Bertz CT molecular complexity index is 597. The molecule has 0 spiro atoms. The molecule has 0 aliphatic carbocycles. The van der Waals surface area contributed by atoms with E-state index in [4.69, 9.17) is 5.10 Å². The highest BCUT2D eigenvalue weighted by molar-refractivity contribution is 5.44. The highest BCUT2D eigenvalue weighted by Gasteiger charge is 2.13. The summed E-state index contributed by atoms with van der Waals surface area (Å²) in [4.78, 5) is 0. The lowest BCUT2D eigenvalue weighted by molar-refractivity contribution is 0.720. The lowest BCUT2D eigenvalue weighted by Crippen LogP contribution is -2.09. The number of hydrogen-bond acceptors (Lipinski definition) is 2. The fourth-order valence-electron chi connectivity index (χ4n) is 2.76. The van der Waals surface area contributed by atoms with Crippen LogP contribution in [0.5, 0.6) is 0 Å². The minimum absolute atomic E-state index is 1.05. The Hall–Kier alpha value is -1.61. The molecular weight excluding hydrogens is 246 g/mol. The molecule has 0 saturated heterocycles. The van der Waals surface area contributed by atoms with E-state index in [9.17, 15) is 0 Å². The molecule has 3 heteroatoms. The summed E-state index contributed by atoms with van der Waals surface area (Å²) >= 11 is 0. The first-order valence-corrected chi connectivity index (χ1v) is 7.32.